The second kappa shape index (κ2) is 5.87. The lowest BCUT2D eigenvalue weighted by Crippen LogP contribution is -2.22. The molecule has 0 aromatic heterocycles. The van der Waals surface area contributed by atoms with Crippen LogP contribution in [-0.4, -0.2) is 11.6 Å². The summed E-state index contributed by atoms with van der Waals surface area (Å²) in [6.45, 7) is 1.91. The van der Waals surface area contributed by atoms with Crippen molar-refractivity contribution >= 4 is 34.5 Å². The van der Waals surface area contributed by atoms with Crippen molar-refractivity contribution in [2.24, 2.45) is 0 Å². The molecule has 0 heterocycles. The molecule has 0 bridgehead atoms. The van der Waals surface area contributed by atoms with Crippen LogP contribution >= 0.6 is 11.6 Å². The van der Waals surface area contributed by atoms with Crippen molar-refractivity contribution in [3.63, 3.8) is 0 Å². The van der Waals surface area contributed by atoms with Gasteiger partial charge in [-0.15, -0.1) is 0 Å². The number of hydrogen-bond donors (Lipinski definition) is 1. The van der Waals surface area contributed by atoms with E-state index in [0.717, 1.165) is 11.3 Å². The molecule has 0 aliphatic heterocycles. The minimum absolute atomic E-state index is 0.121. The van der Waals surface area contributed by atoms with Gasteiger partial charge in [-0.25, -0.2) is 0 Å². The van der Waals surface area contributed by atoms with Crippen molar-refractivity contribution < 1.29 is 9.59 Å². The van der Waals surface area contributed by atoms with Crippen LogP contribution in [0.5, 0.6) is 0 Å². The highest BCUT2D eigenvalue weighted by molar-refractivity contribution is 6.31. The smallest absolute Gasteiger partial charge is 0.196 e. The highest BCUT2D eigenvalue weighted by Crippen LogP contribution is 2.35. The number of rotatable bonds is 2. The molecule has 3 nitrogen and oxygen atoms in total. The monoisotopic (exact) mass is 347 g/mol. The van der Waals surface area contributed by atoms with E-state index in [2.05, 4.69) is 5.32 Å². The quantitative estimate of drug-likeness (QED) is 0.544. The SMILES string of the molecule is Cc1ccc2c(c1Nc1ccc(Cl)cc1)C(=O)c1ccccc1C2=O. The average molecular weight is 348 g/mol. The number of aryl methyl sites for hydroxylation is 1. The van der Waals surface area contributed by atoms with Crippen LogP contribution in [0.1, 0.15) is 37.4 Å². The first-order valence-electron chi connectivity index (χ1n) is 7.91. The molecule has 0 radical (unpaired) electrons. The zero-order valence-electron chi connectivity index (χ0n) is 13.5. The number of halogens is 1. The van der Waals surface area contributed by atoms with E-state index in [1.165, 1.54) is 0 Å². The number of ketones is 2. The van der Waals surface area contributed by atoms with Crippen LogP contribution in [0.3, 0.4) is 0 Å². The highest BCUT2D eigenvalue weighted by atomic mass is 35.5. The van der Waals surface area contributed by atoms with E-state index in [1.807, 2.05) is 25.1 Å². The topological polar surface area (TPSA) is 46.2 Å². The van der Waals surface area contributed by atoms with Gasteiger partial charge >= 0.3 is 0 Å². The average Bonchev–Trinajstić information content (AvgIpc) is 2.63. The standard InChI is InChI=1S/C21H14ClNO2/c1-12-6-11-17-18(19(12)23-14-9-7-13(22)8-10-14)21(25)16-5-3-2-4-15(16)20(17)24/h2-11,23H,1H3. The van der Waals surface area contributed by atoms with Crippen molar-refractivity contribution in [3.8, 4) is 0 Å². The Morgan fingerprint density at radius 1 is 0.760 bits per heavy atom. The molecule has 0 unspecified atom stereocenters. The van der Waals surface area contributed by atoms with Gasteiger partial charge in [-0.3, -0.25) is 9.59 Å². The van der Waals surface area contributed by atoms with Crippen LogP contribution in [0.15, 0.2) is 60.7 Å². The van der Waals surface area contributed by atoms with Gasteiger partial charge in [0.15, 0.2) is 11.6 Å². The Bertz CT molecular complexity index is 1020. The normalized spacial score (nSPS) is 12.6. The molecule has 0 spiro atoms. The van der Waals surface area contributed by atoms with Crippen molar-refractivity contribution in [1.29, 1.82) is 0 Å². The zero-order valence-corrected chi connectivity index (χ0v) is 14.2. The molecule has 4 heteroatoms. The first kappa shape index (κ1) is 15.6. The third-order valence-corrected chi connectivity index (χ3v) is 4.67. The maximum Gasteiger partial charge on any atom is 0.196 e. The maximum absolute atomic E-state index is 13.1. The molecule has 0 atom stereocenters. The fraction of sp³-hybridized carbons (Fsp3) is 0.0476. The van der Waals surface area contributed by atoms with Crippen LogP contribution in [0.25, 0.3) is 0 Å². The van der Waals surface area contributed by atoms with E-state index in [-0.39, 0.29) is 11.6 Å². The summed E-state index contributed by atoms with van der Waals surface area (Å²) in [6, 6.07) is 17.8. The van der Waals surface area contributed by atoms with Crippen LogP contribution in [0.2, 0.25) is 5.02 Å². The summed E-state index contributed by atoms with van der Waals surface area (Å²) < 4.78 is 0. The summed E-state index contributed by atoms with van der Waals surface area (Å²) in [6.07, 6.45) is 0. The first-order valence-corrected chi connectivity index (χ1v) is 8.28. The van der Waals surface area contributed by atoms with Crippen LogP contribution in [0.4, 0.5) is 11.4 Å². The van der Waals surface area contributed by atoms with E-state index >= 15 is 0 Å². The number of carbonyl (C=O) groups is 2. The molecular formula is C21H14ClNO2. The third-order valence-electron chi connectivity index (χ3n) is 4.42. The van der Waals surface area contributed by atoms with Gasteiger partial charge in [-0.1, -0.05) is 41.9 Å². The summed E-state index contributed by atoms with van der Waals surface area (Å²) in [5.41, 5.74) is 4.14. The molecule has 25 heavy (non-hydrogen) atoms. The molecule has 0 saturated heterocycles. The Labute approximate surface area is 150 Å². The Balaban J connectivity index is 1.89. The van der Waals surface area contributed by atoms with E-state index in [1.54, 1.807) is 42.5 Å². The van der Waals surface area contributed by atoms with Gasteiger partial charge in [0.25, 0.3) is 0 Å². The van der Waals surface area contributed by atoms with Crippen molar-refractivity contribution in [2.45, 2.75) is 6.92 Å². The van der Waals surface area contributed by atoms with Gasteiger partial charge in [0.2, 0.25) is 0 Å². The Morgan fingerprint density at radius 2 is 1.40 bits per heavy atom. The van der Waals surface area contributed by atoms with E-state index in [4.69, 9.17) is 11.6 Å². The van der Waals surface area contributed by atoms with Crippen molar-refractivity contribution in [3.05, 3.63) is 93.5 Å². The molecule has 4 rings (SSSR count). The molecule has 1 aliphatic rings. The number of carbonyl (C=O) groups excluding carboxylic acids is 2. The largest absolute Gasteiger partial charge is 0.355 e. The second-order valence-electron chi connectivity index (χ2n) is 6.02. The number of nitrogens with one attached hydrogen (secondary N) is 1. The molecular weight excluding hydrogens is 334 g/mol. The lowest BCUT2D eigenvalue weighted by molar-refractivity contribution is 0.0979. The summed E-state index contributed by atoms with van der Waals surface area (Å²) in [5, 5.41) is 3.91. The van der Waals surface area contributed by atoms with Gasteiger partial charge < -0.3 is 5.32 Å². The Kier molecular flexibility index (Phi) is 3.66. The maximum atomic E-state index is 13.1. The van der Waals surface area contributed by atoms with Gasteiger partial charge in [0.05, 0.1) is 11.3 Å². The minimum Gasteiger partial charge on any atom is -0.355 e. The molecule has 0 amide bonds. The van der Waals surface area contributed by atoms with Crippen LogP contribution in [-0.2, 0) is 0 Å². The molecule has 1 N–H and O–H groups in total. The third kappa shape index (κ3) is 2.53. The van der Waals surface area contributed by atoms with Crippen LogP contribution in [0, 0.1) is 6.92 Å². The summed E-state index contributed by atoms with van der Waals surface area (Å²) >= 11 is 5.93. The summed E-state index contributed by atoms with van der Waals surface area (Å²) in [4.78, 5) is 25.9. The minimum atomic E-state index is -0.134. The predicted octanol–water partition coefficient (Wildman–Crippen LogP) is 5.17. The predicted molar refractivity (Wildman–Crippen MR) is 99.2 cm³/mol. The van der Waals surface area contributed by atoms with Gasteiger partial charge in [0, 0.05) is 27.4 Å². The van der Waals surface area contributed by atoms with Gasteiger partial charge in [-0.05, 0) is 42.8 Å². The lowest BCUT2D eigenvalue weighted by Gasteiger charge is -2.22. The number of fused-ring (bicyclic) bond motifs is 2. The lowest BCUT2D eigenvalue weighted by atomic mass is 9.82. The number of anilines is 2. The molecule has 0 fully saturated rings. The summed E-state index contributed by atoms with van der Waals surface area (Å²) in [7, 11) is 0. The second-order valence-corrected chi connectivity index (χ2v) is 6.45. The fourth-order valence-electron chi connectivity index (χ4n) is 3.13. The number of hydrogen-bond acceptors (Lipinski definition) is 3. The molecule has 0 saturated carbocycles. The highest BCUT2D eigenvalue weighted by Gasteiger charge is 2.32. The summed E-state index contributed by atoms with van der Waals surface area (Å²) in [5.74, 6) is -0.255. The van der Waals surface area contributed by atoms with Crippen LogP contribution < -0.4 is 5.32 Å². The zero-order chi connectivity index (χ0) is 17.6. The fourth-order valence-corrected chi connectivity index (χ4v) is 3.26. The molecule has 1 aliphatic carbocycles. The Hall–Kier alpha value is -2.91. The van der Waals surface area contributed by atoms with Gasteiger partial charge in [-0.2, -0.15) is 0 Å². The Morgan fingerprint density at radius 3 is 2.08 bits per heavy atom. The molecule has 3 aromatic rings. The van der Waals surface area contributed by atoms with E-state index in [9.17, 15) is 9.59 Å². The van der Waals surface area contributed by atoms with E-state index in [0.29, 0.717) is 33.0 Å². The molecule has 3 aromatic carbocycles. The van der Waals surface area contributed by atoms with E-state index < -0.39 is 0 Å². The van der Waals surface area contributed by atoms with Crippen molar-refractivity contribution in [2.75, 3.05) is 5.32 Å². The molecule has 122 valence electrons. The van der Waals surface area contributed by atoms with Gasteiger partial charge in [0.1, 0.15) is 0 Å². The first-order chi connectivity index (χ1) is 12.1. The number of benzene rings is 3. The van der Waals surface area contributed by atoms with Crippen molar-refractivity contribution in [1.82, 2.24) is 0 Å².